The van der Waals surface area contributed by atoms with Crippen LogP contribution in [-0.4, -0.2) is 10.9 Å². The third kappa shape index (κ3) is 2.41. The lowest BCUT2D eigenvalue weighted by molar-refractivity contribution is 0.473. The zero-order valence-corrected chi connectivity index (χ0v) is 9.42. The van der Waals surface area contributed by atoms with Crippen molar-refractivity contribution in [3.8, 4) is 5.75 Å². The molecule has 0 aliphatic carbocycles. The van der Waals surface area contributed by atoms with Gasteiger partial charge in [-0.1, -0.05) is 18.2 Å². The van der Waals surface area contributed by atoms with E-state index in [4.69, 9.17) is 5.41 Å². The van der Waals surface area contributed by atoms with Crippen LogP contribution < -0.4 is 5.32 Å². The van der Waals surface area contributed by atoms with Gasteiger partial charge >= 0.3 is 0 Å². The summed E-state index contributed by atoms with van der Waals surface area (Å²) in [7, 11) is 0. The molecule has 1 aromatic carbocycles. The molecule has 0 bridgehead atoms. The molecule has 0 spiro atoms. The Morgan fingerprint density at radius 1 is 1.25 bits per heavy atom. The average molecular weight is 232 g/mol. The summed E-state index contributed by atoms with van der Waals surface area (Å²) in [6.45, 7) is 0.616. The van der Waals surface area contributed by atoms with Crippen LogP contribution in [0.5, 0.6) is 5.75 Å². The SMILES string of the molecule is N=C(NCc1cccs1)c1ccccc1O. The van der Waals surface area contributed by atoms with Gasteiger partial charge in [0.05, 0.1) is 12.1 Å². The average Bonchev–Trinajstić information content (AvgIpc) is 2.79. The molecule has 0 atom stereocenters. The van der Waals surface area contributed by atoms with Crippen LogP contribution >= 0.6 is 11.3 Å². The van der Waals surface area contributed by atoms with Gasteiger partial charge in [-0.25, -0.2) is 0 Å². The molecular weight excluding hydrogens is 220 g/mol. The number of nitrogens with one attached hydrogen (secondary N) is 2. The van der Waals surface area contributed by atoms with Crippen molar-refractivity contribution < 1.29 is 5.11 Å². The molecule has 1 aromatic heterocycles. The van der Waals surface area contributed by atoms with Crippen molar-refractivity contribution in [3.63, 3.8) is 0 Å². The molecule has 0 saturated heterocycles. The summed E-state index contributed by atoms with van der Waals surface area (Å²) < 4.78 is 0. The molecule has 0 fully saturated rings. The van der Waals surface area contributed by atoms with E-state index in [1.807, 2.05) is 17.5 Å². The molecule has 0 saturated carbocycles. The Bertz CT molecular complexity index is 480. The second kappa shape index (κ2) is 4.81. The number of rotatable bonds is 3. The summed E-state index contributed by atoms with van der Waals surface area (Å²) in [5.41, 5.74) is 0.527. The Kier molecular flexibility index (Phi) is 3.22. The van der Waals surface area contributed by atoms with Gasteiger partial charge in [-0.3, -0.25) is 5.41 Å². The molecule has 2 rings (SSSR count). The minimum Gasteiger partial charge on any atom is -0.507 e. The van der Waals surface area contributed by atoms with Gasteiger partial charge in [-0.2, -0.15) is 0 Å². The number of thiophene rings is 1. The smallest absolute Gasteiger partial charge is 0.129 e. The van der Waals surface area contributed by atoms with Crippen LogP contribution in [0.2, 0.25) is 0 Å². The lowest BCUT2D eigenvalue weighted by atomic mass is 10.2. The van der Waals surface area contributed by atoms with Crippen molar-refractivity contribution >= 4 is 17.2 Å². The zero-order valence-electron chi connectivity index (χ0n) is 8.60. The Morgan fingerprint density at radius 2 is 2.06 bits per heavy atom. The van der Waals surface area contributed by atoms with E-state index in [1.165, 1.54) is 4.88 Å². The van der Waals surface area contributed by atoms with E-state index in [-0.39, 0.29) is 11.6 Å². The number of hydrogen-bond acceptors (Lipinski definition) is 3. The molecule has 0 aliphatic heterocycles. The van der Waals surface area contributed by atoms with E-state index in [0.717, 1.165) is 0 Å². The van der Waals surface area contributed by atoms with Crippen LogP contribution in [0.1, 0.15) is 10.4 Å². The largest absolute Gasteiger partial charge is 0.507 e. The summed E-state index contributed by atoms with van der Waals surface area (Å²) in [6.07, 6.45) is 0. The van der Waals surface area contributed by atoms with Gasteiger partial charge in [0.2, 0.25) is 0 Å². The first kappa shape index (κ1) is 10.7. The number of aromatic hydroxyl groups is 1. The summed E-state index contributed by atoms with van der Waals surface area (Å²) >= 11 is 1.64. The molecule has 0 amide bonds. The van der Waals surface area contributed by atoms with E-state index in [0.29, 0.717) is 12.1 Å². The highest BCUT2D eigenvalue weighted by Gasteiger charge is 2.05. The molecule has 2 aromatic rings. The highest BCUT2D eigenvalue weighted by Crippen LogP contribution is 2.15. The standard InChI is InChI=1S/C12H12N2OS/c13-12(10-5-1-2-6-11(10)15)14-8-9-4-3-7-16-9/h1-7,15H,8H2,(H2,13,14). The van der Waals surface area contributed by atoms with Gasteiger partial charge in [0.1, 0.15) is 11.6 Å². The Hall–Kier alpha value is -1.81. The van der Waals surface area contributed by atoms with Crippen molar-refractivity contribution in [2.75, 3.05) is 0 Å². The monoisotopic (exact) mass is 232 g/mol. The number of benzene rings is 1. The van der Waals surface area contributed by atoms with Crippen molar-refractivity contribution in [1.82, 2.24) is 5.32 Å². The van der Waals surface area contributed by atoms with Gasteiger partial charge < -0.3 is 10.4 Å². The first-order valence-corrected chi connectivity index (χ1v) is 5.78. The van der Waals surface area contributed by atoms with E-state index in [1.54, 1.807) is 35.6 Å². The minimum absolute atomic E-state index is 0.131. The highest BCUT2D eigenvalue weighted by molar-refractivity contribution is 7.09. The molecule has 0 radical (unpaired) electrons. The van der Waals surface area contributed by atoms with Crippen molar-refractivity contribution in [2.45, 2.75) is 6.54 Å². The molecule has 1 heterocycles. The fraction of sp³-hybridized carbons (Fsp3) is 0.0833. The second-order valence-corrected chi connectivity index (χ2v) is 4.36. The third-order valence-electron chi connectivity index (χ3n) is 2.19. The molecule has 82 valence electrons. The maximum atomic E-state index is 9.56. The van der Waals surface area contributed by atoms with Crippen molar-refractivity contribution in [3.05, 3.63) is 52.2 Å². The fourth-order valence-electron chi connectivity index (χ4n) is 1.37. The Morgan fingerprint density at radius 3 is 2.75 bits per heavy atom. The van der Waals surface area contributed by atoms with Gasteiger partial charge in [0.15, 0.2) is 0 Å². The van der Waals surface area contributed by atoms with E-state index < -0.39 is 0 Å². The lowest BCUT2D eigenvalue weighted by Gasteiger charge is -2.08. The lowest BCUT2D eigenvalue weighted by Crippen LogP contribution is -2.22. The molecular formula is C12H12N2OS. The molecule has 3 nitrogen and oxygen atoms in total. The van der Waals surface area contributed by atoms with E-state index in [2.05, 4.69) is 5.32 Å². The van der Waals surface area contributed by atoms with Crippen molar-refractivity contribution in [1.29, 1.82) is 5.41 Å². The zero-order chi connectivity index (χ0) is 11.4. The summed E-state index contributed by atoms with van der Waals surface area (Å²) in [5.74, 6) is 0.373. The maximum Gasteiger partial charge on any atom is 0.129 e. The quantitative estimate of drug-likeness (QED) is 0.562. The first-order valence-electron chi connectivity index (χ1n) is 4.90. The van der Waals surface area contributed by atoms with Gasteiger partial charge in [0.25, 0.3) is 0 Å². The minimum atomic E-state index is 0.131. The molecule has 0 unspecified atom stereocenters. The topological polar surface area (TPSA) is 56.1 Å². The van der Waals surface area contributed by atoms with Crippen molar-refractivity contribution in [2.24, 2.45) is 0 Å². The Labute approximate surface area is 97.9 Å². The van der Waals surface area contributed by atoms with Crippen LogP contribution in [-0.2, 0) is 6.54 Å². The van der Waals surface area contributed by atoms with Gasteiger partial charge in [0, 0.05) is 4.88 Å². The summed E-state index contributed by atoms with van der Waals surface area (Å²) in [5, 5.41) is 22.3. The number of phenols is 1. The molecule has 16 heavy (non-hydrogen) atoms. The predicted octanol–water partition coefficient (Wildman–Crippen LogP) is 2.57. The van der Waals surface area contributed by atoms with E-state index in [9.17, 15) is 5.11 Å². The number of para-hydroxylation sites is 1. The van der Waals surface area contributed by atoms with Gasteiger partial charge in [-0.05, 0) is 23.6 Å². The number of phenolic OH excluding ortho intramolecular Hbond substituents is 1. The fourth-order valence-corrected chi connectivity index (χ4v) is 2.01. The summed E-state index contributed by atoms with van der Waals surface area (Å²) in [4.78, 5) is 1.17. The van der Waals surface area contributed by atoms with Gasteiger partial charge in [-0.15, -0.1) is 11.3 Å². The number of hydrogen-bond donors (Lipinski definition) is 3. The van der Waals surface area contributed by atoms with Crippen LogP contribution in [0.25, 0.3) is 0 Å². The van der Waals surface area contributed by atoms with Crippen LogP contribution in [0.15, 0.2) is 41.8 Å². The molecule has 4 heteroatoms. The first-order chi connectivity index (χ1) is 7.77. The number of amidine groups is 1. The predicted molar refractivity (Wildman–Crippen MR) is 66.1 cm³/mol. The molecule has 0 aliphatic rings. The normalized spacial score (nSPS) is 10.0. The second-order valence-electron chi connectivity index (χ2n) is 3.33. The summed E-state index contributed by atoms with van der Waals surface area (Å²) in [6, 6.07) is 10.8. The van der Waals surface area contributed by atoms with Crippen LogP contribution in [0.3, 0.4) is 0 Å². The molecule has 3 N–H and O–H groups in total. The highest BCUT2D eigenvalue weighted by atomic mass is 32.1. The third-order valence-corrected chi connectivity index (χ3v) is 3.07. The maximum absolute atomic E-state index is 9.56. The van der Waals surface area contributed by atoms with E-state index >= 15 is 0 Å². The van der Waals surface area contributed by atoms with Crippen LogP contribution in [0, 0.1) is 5.41 Å². The van der Waals surface area contributed by atoms with Crippen LogP contribution in [0.4, 0.5) is 0 Å². The Balaban J connectivity index is 2.01.